The molecule has 0 aliphatic carbocycles. The first kappa shape index (κ1) is 20.6. The molecule has 1 heterocycles. The van der Waals surface area contributed by atoms with Crippen molar-refractivity contribution < 1.29 is 23.9 Å². The molecule has 0 saturated heterocycles. The first-order valence-electron chi connectivity index (χ1n) is 9.25. The summed E-state index contributed by atoms with van der Waals surface area (Å²) in [6.07, 6.45) is 0. The monoisotopic (exact) mass is 480 g/mol. The molecule has 31 heavy (non-hydrogen) atoms. The Morgan fingerprint density at radius 3 is 2.39 bits per heavy atom. The number of anilines is 2. The Bertz CT molecular complexity index is 1220. The minimum absolute atomic E-state index is 0.168. The minimum Gasteiger partial charge on any atom is -0.497 e. The SMILES string of the molecule is COc1ccc(OC)c(NC(=O)c2ccccc2N2C(=O)c3ccc(Br)cc3C2=O)c1. The largest absolute Gasteiger partial charge is 0.497 e. The maximum atomic E-state index is 13.1. The van der Waals surface area contributed by atoms with Gasteiger partial charge in [-0.15, -0.1) is 0 Å². The van der Waals surface area contributed by atoms with Gasteiger partial charge in [-0.2, -0.15) is 0 Å². The van der Waals surface area contributed by atoms with E-state index in [-0.39, 0.29) is 22.4 Å². The maximum Gasteiger partial charge on any atom is 0.266 e. The summed E-state index contributed by atoms with van der Waals surface area (Å²) in [5, 5.41) is 2.78. The molecule has 1 aliphatic heterocycles. The smallest absolute Gasteiger partial charge is 0.266 e. The number of amides is 3. The Morgan fingerprint density at radius 1 is 0.903 bits per heavy atom. The Morgan fingerprint density at radius 2 is 1.65 bits per heavy atom. The molecule has 8 heteroatoms. The molecule has 0 aromatic heterocycles. The number of rotatable bonds is 5. The van der Waals surface area contributed by atoms with Crippen LogP contribution in [0.4, 0.5) is 11.4 Å². The van der Waals surface area contributed by atoms with Gasteiger partial charge in [0, 0.05) is 10.5 Å². The fourth-order valence-electron chi connectivity index (χ4n) is 3.39. The van der Waals surface area contributed by atoms with Crippen LogP contribution in [-0.4, -0.2) is 31.9 Å². The van der Waals surface area contributed by atoms with Gasteiger partial charge in [0.2, 0.25) is 0 Å². The number of carbonyl (C=O) groups excluding carboxylic acids is 3. The predicted octanol–water partition coefficient (Wildman–Crippen LogP) is 4.52. The molecule has 0 spiro atoms. The van der Waals surface area contributed by atoms with Gasteiger partial charge in [0.1, 0.15) is 11.5 Å². The molecule has 0 atom stereocenters. The quantitative estimate of drug-likeness (QED) is 0.542. The van der Waals surface area contributed by atoms with Crippen LogP contribution in [-0.2, 0) is 0 Å². The van der Waals surface area contributed by atoms with Crippen molar-refractivity contribution in [1.29, 1.82) is 0 Å². The lowest BCUT2D eigenvalue weighted by atomic mass is 10.1. The van der Waals surface area contributed by atoms with E-state index in [0.29, 0.717) is 21.7 Å². The molecular formula is C23H17BrN2O5. The van der Waals surface area contributed by atoms with Gasteiger partial charge in [0.15, 0.2) is 0 Å². The zero-order chi connectivity index (χ0) is 22.1. The Balaban J connectivity index is 1.71. The predicted molar refractivity (Wildman–Crippen MR) is 119 cm³/mol. The fourth-order valence-corrected chi connectivity index (χ4v) is 3.75. The number of benzene rings is 3. The van der Waals surface area contributed by atoms with E-state index in [1.807, 2.05) is 0 Å². The summed E-state index contributed by atoms with van der Waals surface area (Å²) in [6.45, 7) is 0. The number of imide groups is 1. The van der Waals surface area contributed by atoms with Crippen LogP contribution in [0.25, 0.3) is 0 Å². The van der Waals surface area contributed by atoms with Crippen molar-refractivity contribution in [1.82, 2.24) is 0 Å². The lowest BCUT2D eigenvalue weighted by Gasteiger charge is -2.18. The number of hydrogen-bond acceptors (Lipinski definition) is 5. The van der Waals surface area contributed by atoms with Crippen molar-refractivity contribution in [2.75, 3.05) is 24.4 Å². The van der Waals surface area contributed by atoms with Crippen molar-refractivity contribution in [3.8, 4) is 11.5 Å². The molecule has 0 radical (unpaired) electrons. The van der Waals surface area contributed by atoms with Crippen LogP contribution in [0.2, 0.25) is 0 Å². The molecule has 0 unspecified atom stereocenters. The number of methoxy groups -OCH3 is 2. The molecule has 0 fully saturated rings. The lowest BCUT2D eigenvalue weighted by Crippen LogP contribution is -2.31. The van der Waals surface area contributed by atoms with Gasteiger partial charge < -0.3 is 14.8 Å². The van der Waals surface area contributed by atoms with Crippen LogP contribution in [0.15, 0.2) is 65.1 Å². The van der Waals surface area contributed by atoms with Crippen LogP contribution < -0.4 is 19.7 Å². The number of carbonyl (C=O) groups is 3. The third-order valence-corrected chi connectivity index (χ3v) is 5.39. The Kier molecular flexibility index (Phi) is 5.48. The molecule has 1 aliphatic rings. The van der Waals surface area contributed by atoms with E-state index in [0.717, 1.165) is 4.90 Å². The van der Waals surface area contributed by atoms with Crippen LogP contribution >= 0.6 is 15.9 Å². The molecule has 3 aromatic rings. The molecule has 1 N–H and O–H groups in total. The molecule has 3 amide bonds. The summed E-state index contributed by atoms with van der Waals surface area (Å²) in [6, 6.07) is 16.3. The van der Waals surface area contributed by atoms with Crippen molar-refractivity contribution in [3.05, 3.63) is 81.8 Å². The zero-order valence-corrected chi connectivity index (χ0v) is 18.2. The van der Waals surface area contributed by atoms with Crippen molar-refractivity contribution in [2.45, 2.75) is 0 Å². The van der Waals surface area contributed by atoms with Gasteiger partial charge >= 0.3 is 0 Å². The standard InChI is InChI=1S/C23H17BrN2O5/c1-30-14-8-10-20(31-2)18(12-14)25-21(27)16-5-3-4-6-19(16)26-22(28)15-9-7-13(24)11-17(15)23(26)29/h3-12H,1-2H3,(H,25,27). The van der Waals surface area contributed by atoms with Crippen molar-refractivity contribution >= 4 is 45.0 Å². The van der Waals surface area contributed by atoms with Crippen molar-refractivity contribution in [2.24, 2.45) is 0 Å². The van der Waals surface area contributed by atoms with E-state index >= 15 is 0 Å². The lowest BCUT2D eigenvalue weighted by molar-refractivity contribution is 0.0926. The number of ether oxygens (including phenoxy) is 2. The van der Waals surface area contributed by atoms with Crippen LogP contribution in [0.5, 0.6) is 11.5 Å². The normalized spacial score (nSPS) is 12.5. The number of hydrogen-bond donors (Lipinski definition) is 1. The van der Waals surface area contributed by atoms with Crippen molar-refractivity contribution in [3.63, 3.8) is 0 Å². The topological polar surface area (TPSA) is 84.9 Å². The van der Waals surface area contributed by atoms with Crippen LogP contribution in [0.1, 0.15) is 31.1 Å². The number of nitrogens with one attached hydrogen (secondary N) is 1. The van der Waals surface area contributed by atoms with Crippen LogP contribution in [0, 0.1) is 0 Å². The number of fused-ring (bicyclic) bond motifs is 1. The first-order valence-corrected chi connectivity index (χ1v) is 10.0. The highest BCUT2D eigenvalue weighted by molar-refractivity contribution is 9.10. The first-order chi connectivity index (χ1) is 14.9. The fraction of sp³-hybridized carbons (Fsp3) is 0.0870. The van der Waals surface area contributed by atoms with Gasteiger partial charge in [-0.25, -0.2) is 4.90 Å². The molecule has 3 aromatic carbocycles. The van der Waals surface area contributed by atoms with E-state index in [4.69, 9.17) is 9.47 Å². The highest BCUT2D eigenvalue weighted by Gasteiger charge is 2.38. The van der Waals surface area contributed by atoms with Gasteiger partial charge in [0.05, 0.1) is 42.3 Å². The van der Waals surface area contributed by atoms with Crippen LogP contribution in [0.3, 0.4) is 0 Å². The summed E-state index contributed by atoms with van der Waals surface area (Å²) in [5.74, 6) is -0.486. The number of nitrogens with zero attached hydrogens (tertiary/aromatic N) is 1. The van der Waals surface area contributed by atoms with Gasteiger partial charge in [-0.05, 0) is 42.5 Å². The Hall–Kier alpha value is -3.65. The van der Waals surface area contributed by atoms with Gasteiger partial charge in [-0.3, -0.25) is 14.4 Å². The number of halogens is 1. The molecule has 0 saturated carbocycles. The third-order valence-electron chi connectivity index (χ3n) is 4.89. The molecule has 0 bridgehead atoms. The molecule has 4 rings (SSSR count). The highest BCUT2D eigenvalue weighted by atomic mass is 79.9. The number of para-hydroxylation sites is 1. The van der Waals surface area contributed by atoms with E-state index in [9.17, 15) is 14.4 Å². The van der Waals surface area contributed by atoms with Gasteiger partial charge in [0.25, 0.3) is 17.7 Å². The van der Waals surface area contributed by atoms with E-state index in [1.165, 1.54) is 14.2 Å². The Labute approximate surface area is 186 Å². The summed E-state index contributed by atoms with van der Waals surface area (Å²) in [4.78, 5) is 40.1. The summed E-state index contributed by atoms with van der Waals surface area (Å²) in [7, 11) is 3.01. The summed E-state index contributed by atoms with van der Waals surface area (Å²) >= 11 is 3.32. The van der Waals surface area contributed by atoms with Gasteiger partial charge in [-0.1, -0.05) is 28.1 Å². The molecule has 156 valence electrons. The summed E-state index contributed by atoms with van der Waals surface area (Å²) < 4.78 is 11.2. The second-order valence-electron chi connectivity index (χ2n) is 6.67. The highest BCUT2D eigenvalue weighted by Crippen LogP contribution is 2.34. The minimum atomic E-state index is -0.500. The maximum absolute atomic E-state index is 13.1. The molecule has 7 nitrogen and oxygen atoms in total. The second kappa shape index (κ2) is 8.23. The molecular weight excluding hydrogens is 464 g/mol. The zero-order valence-electron chi connectivity index (χ0n) is 16.6. The van der Waals surface area contributed by atoms with E-state index < -0.39 is 17.7 Å². The third kappa shape index (κ3) is 3.66. The van der Waals surface area contributed by atoms with E-state index in [1.54, 1.807) is 60.7 Å². The van der Waals surface area contributed by atoms with E-state index in [2.05, 4.69) is 21.2 Å². The average molecular weight is 481 g/mol. The second-order valence-corrected chi connectivity index (χ2v) is 7.59. The summed E-state index contributed by atoms with van der Waals surface area (Å²) in [5.41, 5.74) is 1.33. The average Bonchev–Trinajstić information content (AvgIpc) is 3.02.